The zero-order valence-electron chi connectivity index (χ0n) is 8.48. The summed E-state index contributed by atoms with van der Waals surface area (Å²) in [6, 6.07) is 0. The van der Waals surface area contributed by atoms with Gasteiger partial charge in [0.25, 0.3) is 10.9 Å². The van der Waals surface area contributed by atoms with Crippen LogP contribution in [0.1, 0.15) is 0 Å². The van der Waals surface area contributed by atoms with Crippen LogP contribution in [0, 0.1) is 0 Å². The van der Waals surface area contributed by atoms with Crippen molar-refractivity contribution in [3.8, 4) is 0 Å². The number of nitrogen functional groups attached to an aromatic ring is 1. The highest BCUT2D eigenvalue weighted by Crippen LogP contribution is 2.07. The Morgan fingerprint density at radius 2 is 1.94 bits per heavy atom. The number of H-pyrrole nitrogens is 1. The molecule has 0 aliphatic heterocycles. The highest BCUT2D eigenvalue weighted by Gasteiger charge is 2.17. The average molecular weight is 240 g/mol. The van der Waals surface area contributed by atoms with Gasteiger partial charge in [-0.2, -0.15) is 0 Å². The van der Waals surface area contributed by atoms with Crippen molar-refractivity contribution in [2.24, 2.45) is 0 Å². The number of nitrogens with one attached hydrogen (secondary N) is 2. The third-order valence-electron chi connectivity index (χ3n) is 2.19. The van der Waals surface area contributed by atoms with Crippen LogP contribution >= 0.6 is 0 Å². The van der Waals surface area contributed by atoms with E-state index in [0.717, 1.165) is 4.74 Å². The molecule has 9 heteroatoms. The van der Waals surface area contributed by atoms with Gasteiger partial charge in [-0.3, -0.25) is 9.59 Å². The van der Waals surface area contributed by atoms with Crippen molar-refractivity contribution in [3.63, 3.8) is 0 Å². The van der Waals surface area contributed by atoms with Crippen molar-refractivity contribution in [3.05, 3.63) is 41.5 Å². The normalized spacial score (nSPS) is 10.8. The van der Waals surface area contributed by atoms with Crippen molar-refractivity contribution >= 4 is 11.4 Å². The molecule has 0 spiro atoms. The second-order valence-corrected chi connectivity index (χ2v) is 3.28. The van der Waals surface area contributed by atoms with Crippen LogP contribution in [0.2, 0.25) is 0 Å². The van der Waals surface area contributed by atoms with E-state index in [2.05, 4.69) is 9.84 Å². The van der Waals surface area contributed by atoms with E-state index in [1.165, 1.54) is 0 Å². The monoisotopic (exact) mass is 240 g/mol. The molecule has 0 atom stereocenters. The van der Waals surface area contributed by atoms with E-state index in [0.29, 0.717) is 0 Å². The summed E-state index contributed by atoms with van der Waals surface area (Å²) < 4.78 is 5.27. The van der Waals surface area contributed by atoms with Gasteiger partial charge in [0.2, 0.25) is 0 Å². The van der Waals surface area contributed by atoms with Crippen LogP contribution < -0.4 is 33.4 Å². The van der Waals surface area contributed by atoms with E-state index in [1.54, 1.807) is 0 Å². The number of nitrogens with zero attached hydrogens (tertiary/aromatic N) is 1. The first-order chi connectivity index (χ1) is 8.00. The van der Waals surface area contributed by atoms with Gasteiger partial charge in [-0.25, -0.2) is 14.6 Å². The molecule has 9 nitrogen and oxygen atoms in total. The quantitative estimate of drug-likeness (QED) is 0.498. The number of aromatic amines is 1. The fourth-order valence-electron chi connectivity index (χ4n) is 1.33. The maximum Gasteiger partial charge on any atom is 0.440 e. The highest BCUT2D eigenvalue weighted by molar-refractivity contribution is 5.71. The molecule has 1 aromatic carbocycles. The Kier molecular flexibility index (Phi) is 2.42. The molecule has 0 fully saturated rings. The van der Waals surface area contributed by atoms with Gasteiger partial charge < -0.3 is 15.6 Å². The van der Waals surface area contributed by atoms with Crippen molar-refractivity contribution in [2.75, 3.05) is 17.6 Å². The van der Waals surface area contributed by atoms with E-state index in [-0.39, 0.29) is 24.5 Å². The third kappa shape index (κ3) is 1.77. The summed E-state index contributed by atoms with van der Waals surface area (Å²) in [5.74, 6) is -0.858. The Labute approximate surface area is 92.1 Å². The molecular formula is C8H8N4O5. The number of anilines is 2. The lowest BCUT2D eigenvalue weighted by atomic mass is 10.2. The van der Waals surface area contributed by atoms with Gasteiger partial charge in [0.1, 0.15) is 11.4 Å². The molecular weight excluding hydrogens is 232 g/mol. The van der Waals surface area contributed by atoms with Gasteiger partial charge in [0.15, 0.2) is 0 Å². The maximum atomic E-state index is 11.0. The SMILES string of the molecule is Nc1c(NCCn2oc(=O)[nH]c2=O)c(=O)c1=O. The Morgan fingerprint density at radius 3 is 2.47 bits per heavy atom. The van der Waals surface area contributed by atoms with Gasteiger partial charge >= 0.3 is 11.4 Å². The van der Waals surface area contributed by atoms with Crippen molar-refractivity contribution in [2.45, 2.75) is 6.54 Å². The summed E-state index contributed by atoms with van der Waals surface area (Å²) in [7, 11) is 0. The molecule has 0 aliphatic carbocycles. The summed E-state index contributed by atoms with van der Waals surface area (Å²) in [5, 5.41) is 2.58. The number of hydrogen-bond donors (Lipinski definition) is 3. The predicted molar refractivity (Wildman–Crippen MR) is 57.8 cm³/mol. The van der Waals surface area contributed by atoms with Crippen LogP contribution in [-0.2, 0) is 6.54 Å². The topological polar surface area (TPSA) is 140 Å². The van der Waals surface area contributed by atoms with Gasteiger partial charge in [-0.15, -0.1) is 4.74 Å². The molecule has 4 N–H and O–H groups in total. The first kappa shape index (κ1) is 10.9. The number of aromatic nitrogens is 2. The van der Waals surface area contributed by atoms with Crippen molar-refractivity contribution in [1.82, 2.24) is 9.72 Å². The van der Waals surface area contributed by atoms with Crippen LogP contribution in [0.25, 0.3) is 0 Å². The molecule has 0 bridgehead atoms. The first-order valence-electron chi connectivity index (χ1n) is 4.64. The smallest absolute Gasteiger partial charge is 0.394 e. The Morgan fingerprint density at radius 1 is 1.24 bits per heavy atom. The lowest BCUT2D eigenvalue weighted by molar-refractivity contribution is 0.248. The van der Waals surface area contributed by atoms with E-state index >= 15 is 0 Å². The van der Waals surface area contributed by atoms with E-state index in [1.807, 2.05) is 4.98 Å². The molecule has 0 unspecified atom stereocenters. The van der Waals surface area contributed by atoms with Crippen LogP contribution in [0.3, 0.4) is 0 Å². The Balaban J connectivity index is 2.00. The molecule has 90 valence electrons. The molecule has 1 heterocycles. The van der Waals surface area contributed by atoms with Crippen molar-refractivity contribution in [1.29, 1.82) is 0 Å². The first-order valence-corrected chi connectivity index (χ1v) is 4.64. The minimum atomic E-state index is -0.858. The summed E-state index contributed by atoms with van der Waals surface area (Å²) in [6.07, 6.45) is 0. The molecule has 17 heavy (non-hydrogen) atoms. The minimum Gasteiger partial charge on any atom is -0.394 e. The predicted octanol–water partition coefficient (Wildman–Crippen LogP) is -2.58. The third-order valence-corrected chi connectivity index (χ3v) is 2.19. The fraction of sp³-hybridized carbons (Fsp3) is 0.250. The Bertz CT molecular complexity index is 726. The Hall–Kier alpha value is -2.58. The minimum absolute atomic E-state index is 0.0236. The largest absolute Gasteiger partial charge is 0.440 e. The van der Waals surface area contributed by atoms with Gasteiger partial charge in [0, 0.05) is 6.54 Å². The number of rotatable bonds is 4. The summed E-state index contributed by atoms with van der Waals surface area (Å²) >= 11 is 0. The van der Waals surface area contributed by atoms with Crippen molar-refractivity contribution < 1.29 is 4.52 Å². The summed E-state index contributed by atoms with van der Waals surface area (Å²) in [4.78, 5) is 45.3. The van der Waals surface area contributed by atoms with Crippen LogP contribution in [0.4, 0.5) is 11.4 Å². The van der Waals surface area contributed by atoms with Gasteiger partial charge in [0.05, 0.1) is 6.54 Å². The van der Waals surface area contributed by atoms with Crippen LogP contribution in [0.15, 0.2) is 23.7 Å². The lowest BCUT2D eigenvalue weighted by Gasteiger charge is -2.08. The molecule has 0 aliphatic rings. The summed E-state index contributed by atoms with van der Waals surface area (Å²) in [5.41, 5.74) is 3.07. The molecule has 2 rings (SSSR count). The summed E-state index contributed by atoms with van der Waals surface area (Å²) in [6.45, 7) is 0.144. The molecule has 2 aromatic rings. The highest BCUT2D eigenvalue weighted by atomic mass is 16.5. The van der Waals surface area contributed by atoms with E-state index in [4.69, 9.17) is 5.73 Å². The maximum absolute atomic E-state index is 11.0. The zero-order chi connectivity index (χ0) is 12.6. The zero-order valence-corrected chi connectivity index (χ0v) is 8.48. The molecule has 0 saturated heterocycles. The second kappa shape index (κ2) is 3.77. The van der Waals surface area contributed by atoms with E-state index in [9.17, 15) is 19.2 Å². The second-order valence-electron chi connectivity index (χ2n) is 3.28. The van der Waals surface area contributed by atoms with Gasteiger partial charge in [-0.1, -0.05) is 0 Å². The van der Waals surface area contributed by atoms with Crippen LogP contribution in [0.5, 0.6) is 0 Å². The van der Waals surface area contributed by atoms with Crippen LogP contribution in [-0.4, -0.2) is 16.3 Å². The van der Waals surface area contributed by atoms with E-state index < -0.39 is 22.3 Å². The van der Waals surface area contributed by atoms with Gasteiger partial charge in [-0.05, 0) is 0 Å². The molecule has 0 saturated carbocycles. The molecule has 1 aromatic heterocycles. The molecule has 0 amide bonds. The molecule has 0 radical (unpaired) electrons. The number of nitrogens with two attached hydrogens (primary N) is 1. The standard InChI is InChI=1S/C8H8N4O5/c9-3-4(6(14)5(3)13)10-1-2-12-7(15)11-8(16)17-12/h10H,1-2,9H2,(H,11,15,16). The fourth-order valence-corrected chi connectivity index (χ4v) is 1.33. The lowest BCUT2D eigenvalue weighted by Crippen LogP contribution is -2.37. The number of hydrogen-bond acceptors (Lipinski definition) is 7. The average Bonchev–Trinajstić information content (AvgIpc) is 2.62.